The fraction of sp³-hybridized carbons (Fsp3) is 1.00. The van der Waals surface area contributed by atoms with Crippen molar-refractivity contribution in [3.8, 4) is 0 Å². The molecular weight excluding hydrogens is 144 g/mol. The van der Waals surface area contributed by atoms with Gasteiger partial charge in [0, 0.05) is 12.8 Å². The smallest absolute Gasteiger partial charge is 0.181 e. The maximum atomic E-state index is 9.10. The molecule has 3 nitrogen and oxygen atoms in total. The molecule has 1 heterocycles. The lowest BCUT2D eigenvalue weighted by Gasteiger charge is -2.30. The lowest BCUT2D eigenvalue weighted by Crippen LogP contribution is -2.33. The Labute approximate surface area is 66.3 Å². The third-order valence-corrected chi connectivity index (χ3v) is 2.46. The van der Waals surface area contributed by atoms with Crippen molar-refractivity contribution in [3.05, 3.63) is 0 Å². The normalized spacial score (nSPS) is 36.3. The van der Waals surface area contributed by atoms with Crippen molar-refractivity contribution >= 4 is 0 Å². The summed E-state index contributed by atoms with van der Waals surface area (Å²) < 4.78 is 10.7. The Kier molecular flexibility index (Phi) is 1.87. The minimum atomic E-state index is -0.687. The van der Waals surface area contributed by atoms with Crippen LogP contribution in [0.4, 0.5) is 0 Å². The zero-order valence-electron chi connectivity index (χ0n) is 6.58. The van der Waals surface area contributed by atoms with E-state index in [2.05, 4.69) is 0 Å². The summed E-state index contributed by atoms with van der Waals surface area (Å²) in [5, 5.41) is 9.10. The highest BCUT2D eigenvalue weighted by molar-refractivity contribution is 4.79. The van der Waals surface area contributed by atoms with E-state index in [9.17, 15) is 0 Å². The molecule has 0 radical (unpaired) electrons. The van der Waals surface area contributed by atoms with E-state index in [0.717, 1.165) is 25.7 Å². The quantitative estimate of drug-likeness (QED) is 0.572. The molecule has 11 heavy (non-hydrogen) atoms. The predicted molar refractivity (Wildman–Crippen MR) is 38.9 cm³/mol. The van der Waals surface area contributed by atoms with Crippen LogP contribution in [0.3, 0.4) is 0 Å². The molecule has 0 amide bonds. The number of aliphatic hydroxyl groups is 1. The molecule has 1 aliphatic heterocycles. The fourth-order valence-electron chi connectivity index (χ4n) is 1.89. The Bertz CT molecular complexity index is 135. The van der Waals surface area contributed by atoms with Crippen molar-refractivity contribution in [3.63, 3.8) is 0 Å². The van der Waals surface area contributed by atoms with Crippen LogP contribution in [0.1, 0.15) is 32.1 Å². The number of rotatable bonds is 0. The second-order valence-electron chi connectivity index (χ2n) is 3.35. The van der Waals surface area contributed by atoms with E-state index in [-0.39, 0.29) is 0 Å². The largest absolute Gasteiger partial charge is 0.366 e. The van der Waals surface area contributed by atoms with E-state index in [1.165, 1.54) is 6.42 Å². The van der Waals surface area contributed by atoms with Gasteiger partial charge in [-0.15, -0.1) is 0 Å². The highest BCUT2D eigenvalue weighted by atomic mass is 16.8. The molecule has 2 rings (SSSR count). The summed E-state index contributed by atoms with van der Waals surface area (Å²) in [5.41, 5.74) is 0. The first-order valence-electron chi connectivity index (χ1n) is 4.31. The van der Waals surface area contributed by atoms with E-state index in [4.69, 9.17) is 14.6 Å². The van der Waals surface area contributed by atoms with Crippen LogP contribution in [-0.2, 0) is 9.47 Å². The van der Waals surface area contributed by atoms with E-state index in [1.54, 1.807) is 0 Å². The predicted octanol–water partition coefficient (Wildman–Crippen LogP) is 1.01. The van der Waals surface area contributed by atoms with Crippen LogP contribution in [0, 0.1) is 0 Å². The molecule has 1 saturated carbocycles. The number of ether oxygens (including phenoxy) is 2. The van der Waals surface area contributed by atoms with Crippen molar-refractivity contribution < 1.29 is 14.6 Å². The van der Waals surface area contributed by atoms with Gasteiger partial charge in [-0.2, -0.15) is 0 Å². The zero-order valence-corrected chi connectivity index (χ0v) is 6.58. The second kappa shape index (κ2) is 2.73. The van der Waals surface area contributed by atoms with E-state index >= 15 is 0 Å². The minimum absolute atomic E-state index is 0.347. The van der Waals surface area contributed by atoms with Crippen molar-refractivity contribution in [1.29, 1.82) is 0 Å². The summed E-state index contributed by atoms with van der Waals surface area (Å²) in [6.45, 7) is 0.347. The Balaban J connectivity index is 1.98. The molecule has 0 bridgehead atoms. The van der Waals surface area contributed by atoms with Gasteiger partial charge in [0.2, 0.25) is 0 Å². The van der Waals surface area contributed by atoms with Crippen LogP contribution in [0.5, 0.6) is 0 Å². The molecule has 1 N–H and O–H groups in total. The highest BCUT2D eigenvalue weighted by Crippen LogP contribution is 2.36. The van der Waals surface area contributed by atoms with Crippen LogP contribution in [0.25, 0.3) is 0 Å². The first kappa shape index (κ1) is 7.53. The summed E-state index contributed by atoms with van der Waals surface area (Å²) >= 11 is 0. The Morgan fingerprint density at radius 1 is 1.18 bits per heavy atom. The first-order valence-corrected chi connectivity index (χ1v) is 4.31. The van der Waals surface area contributed by atoms with Crippen molar-refractivity contribution in [2.45, 2.75) is 44.2 Å². The number of hydrogen-bond donors (Lipinski definition) is 1. The van der Waals surface area contributed by atoms with Gasteiger partial charge in [-0.1, -0.05) is 6.42 Å². The maximum absolute atomic E-state index is 9.10. The van der Waals surface area contributed by atoms with Crippen LogP contribution < -0.4 is 0 Å². The summed E-state index contributed by atoms with van der Waals surface area (Å²) in [6.07, 6.45) is 4.80. The molecule has 0 aromatic carbocycles. The third-order valence-electron chi connectivity index (χ3n) is 2.46. The lowest BCUT2D eigenvalue weighted by atomic mass is 9.94. The van der Waals surface area contributed by atoms with Gasteiger partial charge in [0.05, 0.1) is 0 Å². The molecular formula is C8H14O3. The van der Waals surface area contributed by atoms with Crippen LogP contribution in [-0.4, -0.2) is 23.8 Å². The van der Waals surface area contributed by atoms with Crippen molar-refractivity contribution in [1.82, 2.24) is 0 Å². The third kappa shape index (κ3) is 1.41. The molecule has 0 aromatic heterocycles. The van der Waals surface area contributed by atoms with Crippen LogP contribution in [0.2, 0.25) is 0 Å². The van der Waals surface area contributed by atoms with E-state index in [0.29, 0.717) is 6.61 Å². The van der Waals surface area contributed by atoms with Gasteiger partial charge in [0.25, 0.3) is 0 Å². The van der Waals surface area contributed by atoms with E-state index in [1.807, 2.05) is 0 Å². The maximum Gasteiger partial charge on any atom is 0.181 e. The van der Waals surface area contributed by atoms with Crippen molar-refractivity contribution in [2.24, 2.45) is 0 Å². The van der Waals surface area contributed by atoms with Crippen molar-refractivity contribution in [2.75, 3.05) is 6.61 Å². The van der Waals surface area contributed by atoms with Gasteiger partial charge < -0.3 is 14.6 Å². The molecule has 1 unspecified atom stereocenters. The fourth-order valence-corrected chi connectivity index (χ4v) is 1.89. The first-order chi connectivity index (χ1) is 5.31. The zero-order chi connectivity index (χ0) is 7.73. The Morgan fingerprint density at radius 3 is 2.45 bits per heavy atom. The number of hydrogen-bond acceptors (Lipinski definition) is 3. The number of aliphatic hydroxyl groups excluding tert-OH is 1. The van der Waals surface area contributed by atoms with E-state index < -0.39 is 12.1 Å². The summed E-state index contributed by atoms with van der Waals surface area (Å²) in [4.78, 5) is 0. The minimum Gasteiger partial charge on any atom is -0.366 e. The Morgan fingerprint density at radius 2 is 1.91 bits per heavy atom. The SMILES string of the molecule is OC1COC2(CCCCC2)O1. The topological polar surface area (TPSA) is 38.7 Å². The summed E-state index contributed by atoms with van der Waals surface area (Å²) in [6, 6.07) is 0. The van der Waals surface area contributed by atoms with Gasteiger partial charge >= 0.3 is 0 Å². The molecule has 64 valence electrons. The van der Waals surface area contributed by atoms with Gasteiger partial charge in [0.15, 0.2) is 12.1 Å². The molecule has 1 spiro atoms. The second-order valence-corrected chi connectivity index (χ2v) is 3.35. The molecule has 1 saturated heterocycles. The van der Waals surface area contributed by atoms with Gasteiger partial charge in [-0.25, -0.2) is 0 Å². The molecule has 2 aliphatic rings. The van der Waals surface area contributed by atoms with Gasteiger partial charge in [0.1, 0.15) is 6.61 Å². The highest BCUT2D eigenvalue weighted by Gasteiger charge is 2.41. The van der Waals surface area contributed by atoms with Crippen LogP contribution >= 0.6 is 0 Å². The Hall–Kier alpha value is -0.120. The average Bonchev–Trinajstić information content (AvgIpc) is 2.34. The van der Waals surface area contributed by atoms with Crippen LogP contribution in [0.15, 0.2) is 0 Å². The standard InChI is InChI=1S/C8H14O3/c9-7-6-10-8(11-7)4-2-1-3-5-8/h7,9H,1-6H2. The monoisotopic (exact) mass is 158 g/mol. The lowest BCUT2D eigenvalue weighted by molar-refractivity contribution is -0.213. The summed E-state index contributed by atoms with van der Waals surface area (Å²) in [5.74, 6) is -0.405. The molecule has 3 heteroatoms. The summed E-state index contributed by atoms with van der Waals surface area (Å²) in [7, 11) is 0. The van der Waals surface area contributed by atoms with Gasteiger partial charge in [-0.3, -0.25) is 0 Å². The molecule has 2 fully saturated rings. The molecule has 1 atom stereocenters. The van der Waals surface area contributed by atoms with Gasteiger partial charge in [-0.05, 0) is 12.8 Å². The molecule has 0 aromatic rings. The molecule has 1 aliphatic carbocycles. The average molecular weight is 158 g/mol.